The van der Waals surface area contributed by atoms with E-state index in [9.17, 15) is 13.2 Å². The highest BCUT2D eigenvalue weighted by molar-refractivity contribution is 6.22. The minimum Gasteiger partial charge on any atom is -0.166 e. The van der Waals surface area contributed by atoms with Crippen LogP contribution in [-0.4, -0.2) is 0 Å². The van der Waals surface area contributed by atoms with Crippen LogP contribution in [0.5, 0.6) is 0 Å². The number of alkyl halides is 4. The van der Waals surface area contributed by atoms with Crippen molar-refractivity contribution in [3.63, 3.8) is 0 Å². The molecule has 0 fully saturated rings. The Morgan fingerprint density at radius 3 is 2.06 bits per heavy atom. The Morgan fingerprint density at radius 2 is 1.44 bits per heavy atom. The van der Waals surface area contributed by atoms with Crippen molar-refractivity contribution in [3.8, 4) is 0 Å². The average molecular weight is 271 g/mol. The zero-order valence-corrected chi connectivity index (χ0v) is 10.0. The highest BCUT2D eigenvalue weighted by Gasteiger charge is 2.30. The molecule has 94 valence electrons. The summed E-state index contributed by atoms with van der Waals surface area (Å²) in [6, 6.07) is 14.1. The summed E-state index contributed by atoms with van der Waals surface area (Å²) in [6.07, 6.45) is -4.34. The molecule has 0 spiro atoms. The van der Waals surface area contributed by atoms with Crippen molar-refractivity contribution >= 4 is 11.6 Å². The van der Waals surface area contributed by atoms with Gasteiger partial charge in [0, 0.05) is 0 Å². The molecule has 0 aliphatic carbocycles. The summed E-state index contributed by atoms with van der Waals surface area (Å²) in [7, 11) is 0. The van der Waals surface area contributed by atoms with Crippen LogP contribution in [0.15, 0.2) is 54.6 Å². The summed E-state index contributed by atoms with van der Waals surface area (Å²) >= 11 is 6.19. The van der Waals surface area contributed by atoms with Gasteiger partial charge < -0.3 is 0 Å². The van der Waals surface area contributed by atoms with Gasteiger partial charge in [-0.05, 0) is 23.3 Å². The number of hydrogen-bond acceptors (Lipinski definition) is 0. The summed E-state index contributed by atoms with van der Waals surface area (Å²) < 4.78 is 37.8. The second-order valence-corrected chi connectivity index (χ2v) is 4.33. The van der Waals surface area contributed by atoms with E-state index in [4.69, 9.17) is 11.6 Å². The van der Waals surface area contributed by atoms with Gasteiger partial charge in [-0.2, -0.15) is 13.2 Å². The van der Waals surface area contributed by atoms with Crippen LogP contribution < -0.4 is 0 Å². The van der Waals surface area contributed by atoms with Gasteiger partial charge in [-0.25, -0.2) is 0 Å². The maximum atomic E-state index is 12.6. The van der Waals surface area contributed by atoms with Crippen LogP contribution in [0.2, 0.25) is 0 Å². The number of hydrogen-bond donors (Lipinski definition) is 0. The van der Waals surface area contributed by atoms with Gasteiger partial charge in [0.1, 0.15) is 0 Å². The molecular weight excluding hydrogens is 261 g/mol. The largest absolute Gasteiger partial charge is 0.416 e. The van der Waals surface area contributed by atoms with Gasteiger partial charge in [-0.1, -0.05) is 42.5 Å². The van der Waals surface area contributed by atoms with Crippen LogP contribution in [0.3, 0.4) is 0 Å². The minimum absolute atomic E-state index is 0.442. The first-order chi connectivity index (χ1) is 8.48. The van der Waals surface area contributed by atoms with Gasteiger partial charge in [0.2, 0.25) is 0 Å². The fourth-order valence-corrected chi connectivity index (χ4v) is 1.97. The van der Waals surface area contributed by atoms with Crippen LogP contribution in [0.25, 0.3) is 0 Å². The molecule has 0 N–H and O–H groups in total. The van der Waals surface area contributed by atoms with E-state index >= 15 is 0 Å². The standard InChI is InChI=1S/C14H10ClF3/c15-13(10-5-2-1-3-6-10)11-7-4-8-12(9-11)14(16,17)18/h1-9,13H. The Morgan fingerprint density at radius 1 is 0.833 bits per heavy atom. The fraction of sp³-hybridized carbons (Fsp3) is 0.143. The Balaban J connectivity index is 2.35. The number of benzene rings is 2. The molecule has 2 aromatic rings. The maximum absolute atomic E-state index is 12.6. The molecule has 0 radical (unpaired) electrons. The Kier molecular flexibility index (Phi) is 3.62. The zero-order valence-electron chi connectivity index (χ0n) is 9.29. The van der Waals surface area contributed by atoms with Crippen LogP contribution in [0.4, 0.5) is 13.2 Å². The highest BCUT2D eigenvalue weighted by atomic mass is 35.5. The fourth-order valence-electron chi connectivity index (χ4n) is 1.69. The molecule has 4 heteroatoms. The Labute approximate surface area is 108 Å². The lowest BCUT2D eigenvalue weighted by Gasteiger charge is -2.13. The third-order valence-electron chi connectivity index (χ3n) is 2.60. The van der Waals surface area contributed by atoms with Crippen molar-refractivity contribution in [2.75, 3.05) is 0 Å². The first-order valence-corrected chi connectivity index (χ1v) is 5.78. The predicted octanol–water partition coefficient (Wildman–Crippen LogP) is 5.03. The summed E-state index contributed by atoms with van der Waals surface area (Å²) in [6.45, 7) is 0. The van der Waals surface area contributed by atoms with Gasteiger partial charge in [0.25, 0.3) is 0 Å². The third kappa shape index (κ3) is 2.85. The molecule has 1 unspecified atom stereocenters. The van der Waals surface area contributed by atoms with E-state index in [1.807, 2.05) is 6.07 Å². The van der Waals surface area contributed by atoms with E-state index < -0.39 is 17.1 Å². The normalized spacial score (nSPS) is 13.3. The van der Waals surface area contributed by atoms with Gasteiger partial charge in [-0.3, -0.25) is 0 Å². The lowest BCUT2D eigenvalue weighted by atomic mass is 10.0. The second kappa shape index (κ2) is 5.02. The molecule has 0 heterocycles. The van der Waals surface area contributed by atoms with Gasteiger partial charge >= 0.3 is 6.18 Å². The van der Waals surface area contributed by atoms with Crippen molar-refractivity contribution in [2.45, 2.75) is 11.6 Å². The number of rotatable bonds is 2. The molecule has 2 aromatic carbocycles. The quantitative estimate of drug-likeness (QED) is 0.671. The molecule has 0 amide bonds. The van der Waals surface area contributed by atoms with Crippen LogP contribution in [-0.2, 0) is 6.18 Å². The van der Waals surface area contributed by atoms with E-state index in [2.05, 4.69) is 0 Å². The van der Waals surface area contributed by atoms with Crippen LogP contribution >= 0.6 is 11.6 Å². The van der Waals surface area contributed by atoms with Crippen LogP contribution in [0.1, 0.15) is 22.1 Å². The lowest BCUT2D eigenvalue weighted by molar-refractivity contribution is -0.137. The molecule has 0 aliphatic heterocycles. The summed E-state index contributed by atoms with van der Waals surface area (Å²) in [5, 5.41) is -0.575. The first kappa shape index (κ1) is 13.0. The average Bonchev–Trinajstić information content (AvgIpc) is 2.38. The monoisotopic (exact) mass is 270 g/mol. The van der Waals surface area contributed by atoms with E-state index in [0.29, 0.717) is 5.56 Å². The van der Waals surface area contributed by atoms with Crippen molar-refractivity contribution in [1.82, 2.24) is 0 Å². The summed E-state index contributed by atoms with van der Waals surface area (Å²) in [5.74, 6) is 0. The van der Waals surface area contributed by atoms with Crippen molar-refractivity contribution in [3.05, 3.63) is 71.3 Å². The molecule has 0 nitrogen and oxygen atoms in total. The van der Waals surface area contributed by atoms with Crippen molar-refractivity contribution < 1.29 is 13.2 Å². The zero-order chi connectivity index (χ0) is 13.2. The lowest BCUT2D eigenvalue weighted by Crippen LogP contribution is -2.06. The molecule has 0 aliphatic rings. The van der Waals surface area contributed by atoms with Crippen LogP contribution in [0, 0.1) is 0 Å². The molecule has 0 aromatic heterocycles. The summed E-state index contributed by atoms with van der Waals surface area (Å²) in [4.78, 5) is 0. The molecule has 18 heavy (non-hydrogen) atoms. The molecule has 1 atom stereocenters. The Bertz CT molecular complexity index is 520. The highest BCUT2D eigenvalue weighted by Crippen LogP contribution is 2.34. The molecule has 2 rings (SSSR count). The SMILES string of the molecule is FC(F)(F)c1cccc(C(Cl)c2ccccc2)c1. The molecule has 0 bridgehead atoms. The van der Waals surface area contributed by atoms with Gasteiger partial charge in [0.15, 0.2) is 0 Å². The van der Waals surface area contributed by atoms with Gasteiger partial charge in [0.05, 0.1) is 10.9 Å². The third-order valence-corrected chi connectivity index (χ3v) is 3.10. The van der Waals surface area contributed by atoms with E-state index in [1.165, 1.54) is 6.07 Å². The van der Waals surface area contributed by atoms with E-state index in [1.54, 1.807) is 30.3 Å². The molecule has 0 saturated carbocycles. The smallest absolute Gasteiger partial charge is 0.166 e. The Hall–Kier alpha value is -1.48. The van der Waals surface area contributed by atoms with E-state index in [0.717, 1.165) is 17.7 Å². The minimum atomic E-state index is -4.34. The van der Waals surface area contributed by atoms with Gasteiger partial charge in [-0.15, -0.1) is 11.6 Å². The molecular formula is C14H10ClF3. The van der Waals surface area contributed by atoms with E-state index in [-0.39, 0.29) is 0 Å². The topological polar surface area (TPSA) is 0 Å². The number of halogens is 4. The van der Waals surface area contributed by atoms with Crippen molar-refractivity contribution in [1.29, 1.82) is 0 Å². The second-order valence-electron chi connectivity index (χ2n) is 3.90. The summed E-state index contributed by atoms with van der Waals surface area (Å²) in [5.41, 5.74) is 0.540. The predicted molar refractivity (Wildman–Crippen MR) is 65.6 cm³/mol. The van der Waals surface area contributed by atoms with Crippen molar-refractivity contribution in [2.24, 2.45) is 0 Å². The first-order valence-electron chi connectivity index (χ1n) is 5.34. The maximum Gasteiger partial charge on any atom is 0.416 e. The molecule has 0 saturated heterocycles.